The molecule has 0 aromatic heterocycles. The molecule has 0 heterocycles. The molecule has 0 spiro atoms. The first-order valence-electron chi connectivity index (χ1n) is 5.26. The van der Waals surface area contributed by atoms with Crippen molar-refractivity contribution >= 4 is 21.8 Å². The molecule has 0 radical (unpaired) electrons. The number of carbonyl (C=O) groups excluding carboxylic acids is 1. The van der Waals surface area contributed by atoms with Crippen molar-refractivity contribution in [3.8, 4) is 0 Å². The first-order valence-corrected chi connectivity index (χ1v) is 6.05. The molecule has 0 atom stereocenters. The van der Waals surface area contributed by atoms with Crippen LogP contribution in [0.5, 0.6) is 0 Å². The minimum atomic E-state index is -0.461. The van der Waals surface area contributed by atoms with Crippen LogP contribution in [0.15, 0.2) is 16.6 Å². The third-order valence-corrected chi connectivity index (χ3v) is 3.38. The fourth-order valence-electron chi connectivity index (χ4n) is 1.49. The van der Waals surface area contributed by atoms with Gasteiger partial charge in [0.25, 0.3) is 5.91 Å². The third kappa shape index (κ3) is 2.61. The van der Waals surface area contributed by atoms with Crippen LogP contribution in [0.4, 0.5) is 4.39 Å². The van der Waals surface area contributed by atoms with Crippen molar-refractivity contribution in [3.05, 3.63) is 33.5 Å². The molecule has 0 fully saturated rings. The van der Waals surface area contributed by atoms with Gasteiger partial charge in [-0.05, 0) is 38.5 Å². The van der Waals surface area contributed by atoms with Crippen LogP contribution >= 0.6 is 15.9 Å². The lowest BCUT2D eigenvalue weighted by molar-refractivity contribution is 0.0768. The number of nitrogens with zero attached hydrogens (tertiary/aromatic N) is 1. The standard InChI is InChI=1S/C12H15BrFNO/c1-4-15(5-2)12(16)9-7-10(13)8(3)6-11(9)14/h6-7H,4-5H2,1-3H3. The van der Waals surface area contributed by atoms with Crippen LogP contribution in [0, 0.1) is 12.7 Å². The fraction of sp³-hybridized carbons (Fsp3) is 0.417. The number of benzene rings is 1. The van der Waals surface area contributed by atoms with Crippen LogP contribution in [0.1, 0.15) is 29.8 Å². The van der Waals surface area contributed by atoms with Crippen LogP contribution in [0.3, 0.4) is 0 Å². The van der Waals surface area contributed by atoms with E-state index in [1.807, 2.05) is 13.8 Å². The van der Waals surface area contributed by atoms with Gasteiger partial charge in [-0.3, -0.25) is 4.79 Å². The molecule has 88 valence electrons. The Hall–Kier alpha value is -0.900. The summed E-state index contributed by atoms with van der Waals surface area (Å²) in [5.41, 5.74) is 0.912. The third-order valence-electron chi connectivity index (χ3n) is 2.53. The fourth-order valence-corrected chi connectivity index (χ4v) is 1.83. The van der Waals surface area contributed by atoms with Crippen molar-refractivity contribution in [1.29, 1.82) is 0 Å². The topological polar surface area (TPSA) is 20.3 Å². The molecular formula is C12H15BrFNO. The number of aryl methyl sites for hydroxylation is 1. The summed E-state index contributed by atoms with van der Waals surface area (Å²) in [4.78, 5) is 13.6. The van der Waals surface area contributed by atoms with Crippen molar-refractivity contribution in [1.82, 2.24) is 4.90 Å². The van der Waals surface area contributed by atoms with Crippen LogP contribution < -0.4 is 0 Å². The molecule has 0 saturated carbocycles. The second kappa shape index (κ2) is 5.43. The Bertz CT molecular complexity index is 402. The maximum absolute atomic E-state index is 13.6. The van der Waals surface area contributed by atoms with Gasteiger partial charge in [-0.1, -0.05) is 15.9 Å². The summed E-state index contributed by atoms with van der Waals surface area (Å²) >= 11 is 3.30. The Morgan fingerprint density at radius 3 is 2.44 bits per heavy atom. The first kappa shape index (κ1) is 13.2. The molecule has 16 heavy (non-hydrogen) atoms. The molecule has 4 heteroatoms. The lowest BCUT2D eigenvalue weighted by Crippen LogP contribution is -2.31. The van der Waals surface area contributed by atoms with E-state index >= 15 is 0 Å². The minimum absolute atomic E-state index is 0.126. The molecule has 0 bridgehead atoms. The lowest BCUT2D eigenvalue weighted by Gasteiger charge is -2.19. The monoisotopic (exact) mass is 287 g/mol. The maximum atomic E-state index is 13.6. The van der Waals surface area contributed by atoms with Gasteiger partial charge in [-0.2, -0.15) is 0 Å². The summed E-state index contributed by atoms with van der Waals surface area (Å²) in [7, 11) is 0. The highest BCUT2D eigenvalue weighted by molar-refractivity contribution is 9.10. The molecule has 0 N–H and O–H groups in total. The summed E-state index contributed by atoms with van der Waals surface area (Å²) in [6, 6.07) is 2.92. The smallest absolute Gasteiger partial charge is 0.256 e. The van der Waals surface area contributed by atoms with Crippen LogP contribution in [-0.2, 0) is 0 Å². The van der Waals surface area contributed by atoms with Gasteiger partial charge in [0.1, 0.15) is 5.82 Å². The molecule has 0 aliphatic rings. The predicted molar refractivity (Wildman–Crippen MR) is 66.1 cm³/mol. The molecule has 1 aromatic carbocycles. The Labute approximate surface area is 104 Å². The highest BCUT2D eigenvalue weighted by Gasteiger charge is 2.17. The molecule has 0 aliphatic carbocycles. The second-order valence-electron chi connectivity index (χ2n) is 3.56. The first-order chi connectivity index (χ1) is 7.51. The van der Waals surface area contributed by atoms with Crippen molar-refractivity contribution in [2.45, 2.75) is 20.8 Å². The van der Waals surface area contributed by atoms with Crippen molar-refractivity contribution < 1.29 is 9.18 Å². The highest BCUT2D eigenvalue weighted by atomic mass is 79.9. The van der Waals surface area contributed by atoms with Crippen molar-refractivity contribution in [2.24, 2.45) is 0 Å². The van der Waals surface area contributed by atoms with Gasteiger partial charge in [0.2, 0.25) is 0 Å². The largest absolute Gasteiger partial charge is 0.339 e. The van der Waals surface area contributed by atoms with Gasteiger partial charge >= 0.3 is 0 Å². The summed E-state index contributed by atoms with van der Waals surface area (Å²) in [6.07, 6.45) is 0. The molecule has 1 aromatic rings. The number of hydrogen-bond acceptors (Lipinski definition) is 1. The Balaban J connectivity index is 3.13. The van der Waals surface area contributed by atoms with E-state index in [4.69, 9.17) is 0 Å². The van der Waals surface area contributed by atoms with E-state index in [1.165, 1.54) is 6.07 Å². The summed E-state index contributed by atoms with van der Waals surface area (Å²) in [5.74, 6) is -0.721. The Morgan fingerprint density at radius 2 is 1.94 bits per heavy atom. The Morgan fingerprint density at radius 1 is 1.38 bits per heavy atom. The van der Waals surface area contributed by atoms with Gasteiger partial charge in [0.15, 0.2) is 0 Å². The number of hydrogen-bond donors (Lipinski definition) is 0. The zero-order chi connectivity index (χ0) is 12.3. The van der Waals surface area contributed by atoms with Gasteiger partial charge in [0.05, 0.1) is 5.56 Å². The number of amides is 1. The zero-order valence-corrected chi connectivity index (χ0v) is 11.3. The molecule has 2 nitrogen and oxygen atoms in total. The Kier molecular flexibility index (Phi) is 4.47. The maximum Gasteiger partial charge on any atom is 0.256 e. The van der Waals surface area contributed by atoms with Gasteiger partial charge in [0, 0.05) is 17.6 Å². The number of rotatable bonds is 3. The van der Waals surface area contributed by atoms with Gasteiger partial charge < -0.3 is 4.90 Å². The van der Waals surface area contributed by atoms with E-state index in [1.54, 1.807) is 17.9 Å². The second-order valence-corrected chi connectivity index (χ2v) is 4.41. The highest BCUT2D eigenvalue weighted by Crippen LogP contribution is 2.21. The zero-order valence-electron chi connectivity index (χ0n) is 9.68. The molecule has 0 saturated heterocycles. The molecular weight excluding hydrogens is 273 g/mol. The van der Waals surface area contributed by atoms with E-state index in [0.29, 0.717) is 13.1 Å². The quantitative estimate of drug-likeness (QED) is 0.835. The molecule has 0 unspecified atom stereocenters. The summed E-state index contributed by atoms with van der Waals surface area (Å²) < 4.78 is 14.4. The molecule has 1 amide bonds. The average molecular weight is 288 g/mol. The molecule has 1 rings (SSSR count). The van der Waals surface area contributed by atoms with Crippen LogP contribution in [-0.4, -0.2) is 23.9 Å². The van der Waals surface area contributed by atoms with Gasteiger partial charge in [-0.15, -0.1) is 0 Å². The van der Waals surface area contributed by atoms with Crippen molar-refractivity contribution in [3.63, 3.8) is 0 Å². The average Bonchev–Trinajstić information content (AvgIpc) is 2.25. The SMILES string of the molecule is CCN(CC)C(=O)c1cc(Br)c(C)cc1F. The minimum Gasteiger partial charge on any atom is -0.339 e. The van der Waals surface area contributed by atoms with E-state index in [2.05, 4.69) is 15.9 Å². The normalized spacial score (nSPS) is 10.3. The van der Waals surface area contributed by atoms with Gasteiger partial charge in [-0.25, -0.2) is 4.39 Å². The lowest BCUT2D eigenvalue weighted by atomic mass is 10.1. The molecule has 0 aliphatic heterocycles. The number of halogens is 2. The van der Waals surface area contributed by atoms with Crippen LogP contribution in [0.25, 0.3) is 0 Å². The van der Waals surface area contributed by atoms with E-state index in [0.717, 1.165) is 10.0 Å². The van der Waals surface area contributed by atoms with Crippen LogP contribution in [0.2, 0.25) is 0 Å². The predicted octanol–water partition coefficient (Wildman–Crippen LogP) is 3.38. The van der Waals surface area contributed by atoms with Crippen molar-refractivity contribution in [2.75, 3.05) is 13.1 Å². The summed E-state index contributed by atoms with van der Waals surface area (Å²) in [5, 5.41) is 0. The number of carbonyl (C=O) groups is 1. The van der Waals surface area contributed by atoms with E-state index < -0.39 is 5.82 Å². The summed E-state index contributed by atoms with van der Waals surface area (Å²) in [6.45, 7) is 6.71. The van der Waals surface area contributed by atoms with E-state index in [9.17, 15) is 9.18 Å². The van der Waals surface area contributed by atoms with E-state index in [-0.39, 0.29) is 11.5 Å².